The van der Waals surface area contributed by atoms with Gasteiger partial charge < -0.3 is 9.47 Å². The highest BCUT2D eigenvalue weighted by molar-refractivity contribution is 5.33. The average Bonchev–Trinajstić information content (AvgIpc) is 2.60. The minimum Gasteiger partial charge on any atom is -0.395 e. The summed E-state index contributed by atoms with van der Waals surface area (Å²) in [6.07, 6.45) is 2.73. The Morgan fingerprint density at radius 1 is 1.33 bits per heavy atom. The van der Waals surface area contributed by atoms with Gasteiger partial charge in [-0.2, -0.15) is 0 Å². The Hall–Kier alpha value is -1.58. The lowest BCUT2D eigenvalue weighted by Gasteiger charge is -2.12. The highest BCUT2D eigenvalue weighted by Crippen LogP contribution is 2.35. The number of halogens is 2. The SMILES string of the molecule is C=CC1=C(/C=C(\C=C)C(C)CCC)OC(F)(F)O1. The summed E-state index contributed by atoms with van der Waals surface area (Å²) in [5, 5.41) is 0. The molecule has 0 saturated carbocycles. The minimum absolute atomic E-state index is 0.00662. The number of hydrogen-bond acceptors (Lipinski definition) is 2. The van der Waals surface area contributed by atoms with Crippen molar-refractivity contribution in [2.24, 2.45) is 5.92 Å². The molecule has 1 aliphatic heterocycles. The van der Waals surface area contributed by atoms with Gasteiger partial charge in [-0.15, -0.1) is 8.78 Å². The fourth-order valence-corrected chi connectivity index (χ4v) is 1.77. The van der Waals surface area contributed by atoms with Crippen LogP contribution in [0.15, 0.2) is 48.5 Å². The number of hydrogen-bond donors (Lipinski definition) is 0. The van der Waals surface area contributed by atoms with Crippen LogP contribution in [0.5, 0.6) is 0 Å². The second-order valence-electron chi connectivity index (χ2n) is 4.14. The van der Waals surface area contributed by atoms with Crippen molar-refractivity contribution in [1.82, 2.24) is 0 Å². The Labute approximate surface area is 106 Å². The summed E-state index contributed by atoms with van der Waals surface area (Å²) >= 11 is 0. The molecule has 0 aliphatic carbocycles. The number of allylic oxidation sites excluding steroid dienone is 4. The summed E-state index contributed by atoms with van der Waals surface area (Å²) in [6, 6.07) is 0. The van der Waals surface area contributed by atoms with Crippen molar-refractivity contribution in [2.45, 2.75) is 33.0 Å². The second-order valence-corrected chi connectivity index (χ2v) is 4.14. The molecule has 0 aromatic carbocycles. The zero-order chi connectivity index (χ0) is 13.8. The number of alkyl halides is 2. The van der Waals surface area contributed by atoms with Gasteiger partial charge in [0, 0.05) is 0 Å². The van der Waals surface area contributed by atoms with Gasteiger partial charge in [0.25, 0.3) is 0 Å². The van der Waals surface area contributed by atoms with E-state index in [2.05, 4.69) is 29.6 Å². The van der Waals surface area contributed by atoms with Gasteiger partial charge >= 0.3 is 6.29 Å². The maximum absolute atomic E-state index is 12.9. The molecule has 1 aliphatic rings. The van der Waals surface area contributed by atoms with E-state index in [9.17, 15) is 8.78 Å². The number of ether oxygens (including phenoxy) is 2. The van der Waals surface area contributed by atoms with Crippen LogP contribution in [0.1, 0.15) is 26.7 Å². The molecule has 1 rings (SSSR count). The quantitative estimate of drug-likeness (QED) is 0.650. The van der Waals surface area contributed by atoms with Crippen molar-refractivity contribution in [3.8, 4) is 0 Å². The largest absolute Gasteiger partial charge is 0.586 e. The summed E-state index contributed by atoms with van der Waals surface area (Å²) in [4.78, 5) is 0. The molecule has 0 radical (unpaired) electrons. The summed E-state index contributed by atoms with van der Waals surface area (Å²) in [7, 11) is 0. The van der Waals surface area contributed by atoms with Gasteiger partial charge in [-0.3, -0.25) is 0 Å². The molecule has 18 heavy (non-hydrogen) atoms. The van der Waals surface area contributed by atoms with Gasteiger partial charge in [0.05, 0.1) is 0 Å². The number of rotatable bonds is 6. The van der Waals surface area contributed by atoms with Crippen molar-refractivity contribution >= 4 is 0 Å². The summed E-state index contributed by atoms with van der Waals surface area (Å²) in [5.41, 5.74) is 0.840. The van der Waals surface area contributed by atoms with Crippen molar-refractivity contribution < 1.29 is 18.3 Å². The average molecular weight is 256 g/mol. The van der Waals surface area contributed by atoms with Crippen LogP contribution < -0.4 is 0 Å². The van der Waals surface area contributed by atoms with Crippen molar-refractivity contribution in [1.29, 1.82) is 0 Å². The third-order valence-electron chi connectivity index (χ3n) is 2.71. The van der Waals surface area contributed by atoms with E-state index in [1.807, 2.05) is 6.92 Å². The maximum Gasteiger partial charge on any atom is 0.586 e. The molecule has 4 heteroatoms. The van der Waals surface area contributed by atoms with E-state index in [4.69, 9.17) is 0 Å². The van der Waals surface area contributed by atoms with Crippen LogP contribution in [-0.2, 0) is 9.47 Å². The predicted molar refractivity (Wildman–Crippen MR) is 66.7 cm³/mol. The Balaban J connectivity index is 2.98. The van der Waals surface area contributed by atoms with Crippen LogP contribution in [0, 0.1) is 5.92 Å². The highest BCUT2D eigenvalue weighted by Gasteiger charge is 2.43. The Morgan fingerprint density at radius 3 is 2.44 bits per heavy atom. The van der Waals surface area contributed by atoms with Crippen molar-refractivity contribution in [3.05, 3.63) is 48.5 Å². The first-order valence-electron chi connectivity index (χ1n) is 5.90. The molecule has 1 unspecified atom stereocenters. The monoisotopic (exact) mass is 256 g/mol. The molecule has 0 fully saturated rings. The van der Waals surface area contributed by atoms with Crippen LogP contribution in [0.25, 0.3) is 0 Å². The van der Waals surface area contributed by atoms with Gasteiger partial charge in [0.1, 0.15) is 0 Å². The lowest BCUT2D eigenvalue weighted by Crippen LogP contribution is -2.16. The first-order chi connectivity index (χ1) is 8.43. The lowest BCUT2D eigenvalue weighted by atomic mass is 9.95. The van der Waals surface area contributed by atoms with E-state index < -0.39 is 6.29 Å². The van der Waals surface area contributed by atoms with Gasteiger partial charge in [0.2, 0.25) is 0 Å². The van der Waals surface area contributed by atoms with Crippen LogP contribution in [0.2, 0.25) is 0 Å². The van der Waals surface area contributed by atoms with Crippen LogP contribution in [0.3, 0.4) is 0 Å². The fraction of sp³-hybridized carbons (Fsp3) is 0.429. The first-order valence-corrected chi connectivity index (χ1v) is 5.90. The maximum atomic E-state index is 12.9. The molecule has 0 saturated heterocycles. The molecule has 0 amide bonds. The molecular weight excluding hydrogens is 238 g/mol. The van der Waals surface area contributed by atoms with Gasteiger partial charge in [-0.05, 0) is 30.1 Å². The Morgan fingerprint density at radius 2 is 1.94 bits per heavy atom. The standard InChI is InChI=1S/C14H18F2O2/c1-5-8-10(4)11(6-2)9-13-12(7-3)17-14(15,16)18-13/h6-7,9-10H,2-3,5,8H2,1,4H3/b11-9+. The van der Waals surface area contributed by atoms with Crippen molar-refractivity contribution in [3.63, 3.8) is 0 Å². The Kier molecular flexibility index (Phi) is 4.70. The van der Waals surface area contributed by atoms with Crippen molar-refractivity contribution in [2.75, 3.05) is 0 Å². The third kappa shape index (κ3) is 3.45. The van der Waals surface area contributed by atoms with Crippen LogP contribution in [0.4, 0.5) is 8.78 Å². The normalized spacial score (nSPS) is 20.1. The van der Waals surface area contributed by atoms with E-state index in [0.29, 0.717) is 0 Å². The van der Waals surface area contributed by atoms with E-state index in [1.165, 1.54) is 12.2 Å². The Bertz CT molecular complexity index is 395. The third-order valence-corrected chi connectivity index (χ3v) is 2.71. The zero-order valence-electron chi connectivity index (χ0n) is 10.7. The molecule has 2 nitrogen and oxygen atoms in total. The molecule has 1 heterocycles. The van der Waals surface area contributed by atoms with E-state index in [1.54, 1.807) is 6.08 Å². The molecule has 0 aromatic heterocycles. The van der Waals surface area contributed by atoms with E-state index in [-0.39, 0.29) is 17.4 Å². The molecule has 0 bridgehead atoms. The highest BCUT2D eigenvalue weighted by atomic mass is 19.3. The van der Waals surface area contributed by atoms with Gasteiger partial charge in [-0.1, -0.05) is 39.5 Å². The molecular formula is C14H18F2O2. The predicted octanol–water partition coefficient (Wildman–Crippen LogP) is 4.53. The van der Waals surface area contributed by atoms with Crippen LogP contribution >= 0.6 is 0 Å². The van der Waals surface area contributed by atoms with E-state index >= 15 is 0 Å². The second kappa shape index (κ2) is 5.85. The van der Waals surface area contributed by atoms with Gasteiger partial charge in [0.15, 0.2) is 11.5 Å². The minimum atomic E-state index is -3.62. The molecule has 0 N–H and O–H groups in total. The summed E-state index contributed by atoms with van der Waals surface area (Å²) in [6.45, 7) is 11.2. The smallest absolute Gasteiger partial charge is 0.395 e. The van der Waals surface area contributed by atoms with Gasteiger partial charge in [-0.25, -0.2) is 0 Å². The molecule has 0 aromatic rings. The van der Waals surface area contributed by atoms with E-state index in [0.717, 1.165) is 18.4 Å². The van der Waals surface area contributed by atoms with Crippen LogP contribution in [-0.4, -0.2) is 6.29 Å². The zero-order valence-corrected chi connectivity index (χ0v) is 10.7. The topological polar surface area (TPSA) is 18.5 Å². The fourth-order valence-electron chi connectivity index (χ4n) is 1.77. The molecule has 1 atom stereocenters. The summed E-state index contributed by atoms with van der Waals surface area (Å²) < 4.78 is 34.7. The molecule has 0 spiro atoms. The summed E-state index contributed by atoms with van der Waals surface area (Å²) in [5.74, 6) is 0.166. The lowest BCUT2D eigenvalue weighted by molar-refractivity contribution is -0.335. The first kappa shape index (κ1) is 14.5. The molecule has 100 valence electrons.